The van der Waals surface area contributed by atoms with Crippen molar-refractivity contribution in [3.05, 3.63) is 29.8 Å². The molecule has 9 heteroatoms. The fourth-order valence-electron chi connectivity index (χ4n) is 2.89. The number of nitrogens with zero attached hydrogens (tertiary/aromatic N) is 1. The van der Waals surface area contributed by atoms with E-state index in [1.165, 1.54) is 12.0 Å². The number of esters is 1. The summed E-state index contributed by atoms with van der Waals surface area (Å²) in [6.07, 6.45) is 3.08. The van der Waals surface area contributed by atoms with Crippen molar-refractivity contribution in [3.63, 3.8) is 0 Å². The van der Waals surface area contributed by atoms with E-state index in [1.54, 1.807) is 24.3 Å². The summed E-state index contributed by atoms with van der Waals surface area (Å²) in [5.74, 6) is -0.551. The zero-order valence-electron chi connectivity index (χ0n) is 16.7. The minimum absolute atomic E-state index is 0.0960. The van der Waals surface area contributed by atoms with Crippen molar-refractivity contribution in [2.24, 2.45) is 0 Å². The monoisotopic (exact) mass is 421 g/mol. The number of piperazine rings is 1. The molecule has 1 aromatic carbocycles. The highest BCUT2D eigenvalue weighted by molar-refractivity contribution is 7.80. The standard InChI is InChI=1S/C20H27N3O5S/c1-3-4-5-12-28-15-8-6-14(7-9-15)18(25)22-20(29)23-11-10-21-19(26)16(23)13-17(24)27-2/h6-9,16H,3-5,10-13H2,1-2H3,(H,21,26)(H,22,25,29)/t16-/m0/s1. The number of amides is 2. The summed E-state index contributed by atoms with van der Waals surface area (Å²) in [7, 11) is 1.25. The number of methoxy groups -OCH3 is 1. The summed E-state index contributed by atoms with van der Waals surface area (Å²) in [4.78, 5) is 37.8. The van der Waals surface area contributed by atoms with Crippen LogP contribution in [0.25, 0.3) is 0 Å². The number of rotatable bonds is 8. The Labute approximate surface area is 175 Å². The highest BCUT2D eigenvalue weighted by Crippen LogP contribution is 2.14. The van der Waals surface area contributed by atoms with Crippen molar-refractivity contribution in [1.29, 1.82) is 0 Å². The van der Waals surface area contributed by atoms with Gasteiger partial charge in [0, 0.05) is 18.7 Å². The SMILES string of the molecule is CCCCCOc1ccc(C(=O)NC(=S)N2CCNC(=O)[C@@H]2CC(=O)OC)cc1. The van der Waals surface area contributed by atoms with Gasteiger partial charge in [-0.25, -0.2) is 0 Å². The molecule has 1 aromatic rings. The molecule has 1 aliphatic rings. The number of thiocarbonyl (C=S) groups is 1. The number of carbonyl (C=O) groups is 3. The first-order chi connectivity index (χ1) is 14.0. The lowest BCUT2D eigenvalue weighted by molar-refractivity contribution is -0.144. The predicted molar refractivity (Wildman–Crippen MR) is 112 cm³/mol. The summed E-state index contributed by atoms with van der Waals surface area (Å²) in [6.45, 7) is 3.53. The van der Waals surface area contributed by atoms with Crippen molar-refractivity contribution in [1.82, 2.24) is 15.5 Å². The number of carbonyl (C=O) groups excluding carboxylic acids is 3. The fraction of sp³-hybridized carbons (Fsp3) is 0.500. The van der Waals surface area contributed by atoms with Gasteiger partial charge in [0.05, 0.1) is 20.1 Å². The van der Waals surface area contributed by atoms with E-state index < -0.39 is 17.9 Å². The van der Waals surface area contributed by atoms with Crippen LogP contribution in [-0.2, 0) is 14.3 Å². The molecule has 1 atom stereocenters. The number of hydrogen-bond donors (Lipinski definition) is 2. The molecule has 1 saturated heterocycles. The van der Waals surface area contributed by atoms with Crippen molar-refractivity contribution in [3.8, 4) is 5.75 Å². The summed E-state index contributed by atoms with van der Waals surface area (Å²) < 4.78 is 10.3. The normalized spacial score (nSPS) is 16.0. The number of ether oxygens (including phenoxy) is 2. The van der Waals surface area contributed by atoms with Gasteiger partial charge in [0.2, 0.25) is 5.91 Å². The smallest absolute Gasteiger partial charge is 0.308 e. The van der Waals surface area contributed by atoms with Crippen LogP contribution in [0.15, 0.2) is 24.3 Å². The second-order valence-electron chi connectivity index (χ2n) is 6.62. The highest BCUT2D eigenvalue weighted by Gasteiger charge is 2.34. The van der Waals surface area contributed by atoms with Gasteiger partial charge in [0.1, 0.15) is 11.8 Å². The molecule has 1 aliphatic heterocycles. The Morgan fingerprint density at radius 1 is 1.28 bits per heavy atom. The maximum absolute atomic E-state index is 12.5. The average molecular weight is 422 g/mol. The van der Waals surface area contributed by atoms with E-state index in [1.807, 2.05) is 0 Å². The number of unbranched alkanes of at least 4 members (excludes halogenated alkanes) is 2. The van der Waals surface area contributed by atoms with E-state index in [0.717, 1.165) is 19.3 Å². The average Bonchev–Trinajstić information content (AvgIpc) is 2.72. The van der Waals surface area contributed by atoms with Crippen LogP contribution in [0.1, 0.15) is 43.0 Å². The first-order valence-corrected chi connectivity index (χ1v) is 10.1. The first-order valence-electron chi connectivity index (χ1n) is 9.65. The van der Waals surface area contributed by atoms with Crippen LogP contribution in [-0.4, -0.2) is 60.6 Å². The quantitative estimate of drug-likeness (QED) is 0.374. The molecule has 0 spiro atoms. The third-order valence-corrected chi connectivity index (χ3v) is 4.87. The van der Waals surface area contributed by atoms with Crippen LogP contribution in [0.2, 0.25) is 0 Å². The first kappa shape index (κ1) is 22.6. The van der Waals surface area contributed by atoms with Crippen molar-refractivity contribution in [2.45, 2.75) is 38.6 Å². The van der Waals surface area contributed by atoms with Gasteiger partial charge in [0.15, 0.2) is 5.11 Å². The summed E-state index contributed by atoms with van der Waals surface area (Å²) >= 11 is 5.31. The van der Waals surface area contributed by atoms with Crippen LogP contribution in [0, 0.1) is 0 Å². The summed E-state index contributed by atoms with van der Waals surface area (Å²) in [5, 5.41) is 5.42. The van der Waals surface area contributed by atoms with Gasteiger partial charge < -0.3 is 19.7 Å². The molecule has 2 N–H and O–H groups in total. The Balaban J connectivity index is 1.95. The van der Waals surface area contributed by atoms with E-state index in [0.29, 0.717) is 31.0 Å². The van der Waals surface area contributed by atoms with Gasteiger partial charge in [-0.15, -0.1) is 0 Å². The lowest BCUT2D eigenvalue weighted by Crippen LogP contribution is -2.60. The molecule has 158 valence electrons. The number of hydrogen-bond acceptors (Lipinski definition) is 6. The summed E-state index contributed by atoms with van der Waals surface area (Å²) in [5.41, 5.74) is 0.416. The van der Waals surface area contributed by atoms with E-state index >= 15 is 0 Å². The molecule has 29 heavy (non-hydrogen) atoms. The number of benzene rings is 1. The van der Waals surface area contributed by atoms with Gasteiger partial charge in [-0.05, 0) is 42.9 Å². The predicted octanol–water partition coefficient (Wildman–Crippen LogP) is 1.63. The Hall–Kier alpha value is -2.68. The van der Waals surface area contributed by atoms with Crippen LogP contribution in [0.3, 0.4) is 0 Å². The van der Waals surface area contributed by atoms with Crippen LogP contribution < -0.4 is 15.4 Å². The Bertz CT molecular complexity index is 738. The van der Waals surface area contributed by atoms with Crippen molar-refractivity contribution >= 4 is 35.1 Å². The highest BCUT2D eigenvalue weighted by atomic mass is 32.1. The number of nitrogens with one attached hydrogen (secondary N) is 2. The topological polar surface area (TPSA) is 97.0 Å². The maximum atomic E-state index is 12.5. The van der Waals surface area contributed by atoms with Gasteiger partial charge in [-0.3, -0.25) is 19.7 Å². The minimum atomic E-state index is -0.817. The molecule has 2 rings (SSSR count). The molecular weight excluding hydrogens is 394 g/mol. The Morgan fingerprint density at radius 3 is 2.66 bits per heavy atom. The molecule has 8 nitrogen and oxygen atoms in total. The molecule has 0 unspecified atom stereocenters. The van der Waals surface area contributed by atoms with Crippen LogP contribution in [0.5, 0.6) is 5.75 Å². The molecule has 0 bridgehead atoms. The van der Waals surface area contributed by atoms with E-state index in [4.69, 9.17) is 17.0 Å². The molecule has 0 radical (unpaired) electrons. The molecular formula is C20H27N3O5S. The fourth-order valence-corrected chi connectivity index (χ4v) is 3.20. The van der Waals surface area contributed by atoms with Crippen LogP contribution >= 0.6 is 12.2 Å². The van der Waals surface area contributed by atoms with E-state index in [2.05, 4.69) is 22.3 Å². The van der Waals surface area contributed by atoms with Gasteiger partial charge >= 0.3 is 5.97 Å². The third-order valence-electron chi connectivity index (χ3n) is 4.53. The summed E-state index contributed by atoms with van der Waals surface area (Å²) in [6, 6.07) is 5.96. The lowest BCUT2D eigenvalue weighted by Gasteiger charge is -2.36. The van der Waals surface area contributed by atoms with Gasteiger partial charge in [-0.2, -0.15) is 0 Å². The lowest BCUT2D eigenvalue weighted by atomic mass is 10.1. The molecule has 1 fully saturated rings. The molecule has 1 heterocycles. The second kappa shape index (κ2) is 11.4. The van der Waals surface area contributed by atoms with E-state index in [9.17, 15) is 14.4 Å². The van der Waals surface area contributed by atoms with Gasteiger partial charge in [0.25, 0.3) is 5.91 Å². The molecule has 0 saturated carbocycles. The van der Waals surface area contributed by atoms with Crippen molar-refractivity contribution in [2.75, 3.05) is 26.8 Å². The maximum Gasteiger partial charge on any atom is 0.308 e. The minimum Gasteiger partial charge on any atom is -0.494 e. The second-order valence-corrected chi connectivity index (χ2v) is 7.01. The van der Waals surface area contributed by atoms with Gasteiger partial charge in [-0.1, -0.05) is 19.8 Å². The Kier molecular flexibility index (Phi) is 8.85. The Morgan fingerprint density at radius 2 is 2.00 bits per heavy atom. The van der Waals surface area contributed by atoms with E-state index in [-0.39, 0.29) is 17.4 Å². The molecule has 0 aliphatic carbocycles. The van der Waals surface area contributed by atoms with Crippen molar-refractivity contribution < 1.29 is 23.9 Å². The third kappa shape index (κ3) is 6.70. The molecule has 0 aromatic heterocycles. The van der Waals surface area contributed by atoms with Crippen LogP contribution in [0.4, 0.5) is 0 Å². The zero-order valence-corrected chi connectivity index (χ0v) is 17.5. The largest absolute Gasteiger partial charge is 0.494 e. The zero-order chi connectivity index (χ0) is 21.2. The molecule has 2 amide bonds.